The molecule has 0 saturated heterocycles. The van der Waals surface area contributed by atoms with E-state index in [1.54, 1.807) is 0 Å². The average molecular weight is 1290 g/mol. The Morgan fingerprint density at radius 1 is 0.326 bits per heavy atom. The molecule has 0 amide bonds. The van der Waals surface area contributed by atoms with Gasteiger partial charge in [0.1, 0.15) is 25.4 Å². The standard InChI is InChI=1S/C71H120O16P2/c1-4-7-10-13-16-19-22-25-28-30-31-32-33-35-38-39-42-45-48-51-54-57-69(74)81-60-66(72)61-83-88(77,78)84-62-67(73)63-85-89(79,80)86-65-68(87-71(76)59-56-53-50-47-44-41-36-27-24-21-18-15-12-9-6-3)64-82-70(75)58-55-52-49-46-43-40-37-34-29-26-23-20-17-14-11-8-5-2/h7-8,10-11,16-17,19-20,25-26,28-29,31-32,35,37-38,40,46,49,66-68,72-73H,4-6,9,12-15,18,21-24,27,30,33-34,36,39,41-45,47-48,50-65H2,1-3H3,(H,77,78)(H,79,80)/b10-7-,11-8-,19-16-,20-17-,28-25-,29-26-,32-31-,38-35-,40-37-,49-46-. The van der Waals surface area contributed by atoms with Crippen molar-refractivity contribution < 1.29 is 75.8 Å². The van der Waals surface area contributed by atoms with E-state index in [9.17, 15) is 43.5 Å². The Morgan fingerprint density at radius 2 is 0.607 bits per heavy atom. The first-order valence-corrected chi connectivity index (χ1v) is 36.8. The highest BCUT2D eigenvalue weighted by Gasteiger charge is 2.29. The van der Waals surface area contributed by atoms with Gasteiger partial charge in [-0.2, -0.15) is 0 Å². The maximum Gasteiger partial charge on any atom is 0.472 e. The van der Waals surface area contributed by atoms with Crippen molar-refractivity contribution in [3.8, 4) is 0 Å². The van der Waals surface area contributed by atoms with Gasteiger partial charge in [0, 0.05) is 19.3 Å². The Hall–Kier alpha value is -4.05. The molecule has 5 unspecified atom stereocenters. The van der Waals surface area contributed by atoms with E-state index in [0.29, 0.717) is 25.7 Å². The zero-order chi connectivity index (χ0) is 65.3. The minimum atomic E-state index is -4.94. The first-order chi connectivity index (χ1) is 43.2. The second kappa shape index (κ2) is 64.1. The number of esters is 3. The molecule has 0 radical (unpaired) electrons. The summed E-state index contributed by atoms with van der Waals surface area (Å²) < 4.78 is 60.8. The molecular formula is C71H120O16P2. The first-order valence-electron chi connectivity index (χ1n) is 33.8. The van der Waals surface area contributed by atoms with Gasteiger partial charge in [-0.1, -0.05) is 251 Å². The van der Waals surface area contributed by atoms with Crippen LogP contribution in [0.3, 0.4) is 0 Å². The minimum absolute atomic E-state index is 0.0909. The topological polar surface area (TPSA) is 231 Å². The van der Waals surface area contributed by atoms with Crippen molar-refractivity contribution in [2.45, 2.75) is 270 Å². The molecule has 0 aromatic heterocycles. The highest BCUT2D eigenvalue weighted by Crippen LogP contribution is 2.45. The molecule has 510 valence electrons. The molecule has 16 nitrogen and oxygen atoms in total. The minimum Gasteiger partial charge on any atom is -0.463 e. The third kappa shape index (κ3) is 65.3. The van der Waals surface area contributed by atoms with E-state index in [1.165, 1.54) is 64.2 Å². The number of carbonyl (C=O) groups excluding carboxylic acids is 3. The molecule has 0 spiro atoms. The van der Waals surface area contributed by atoms with Crippen LogP contribution in [0.25, 0.3) is 0 Å². The number of phosphoric acid groups is 2. The van der Waals surface area contributed by atoms with Crippen LogP contribution >= 0.6 is 15.6 Å². The SMILES string of the molecule is CC/C=C\C/C=C\C/C=C\C/C=C\C/C=C\CCCCCCCC(=O)OCC(O)COP(=O)(O)OCC(O)COP(=O)(O)OCC(COC(=O)CCC/C=C\C/C=C\C/C=C\C/C=C\C/C=C\CC)OC(=O)CCCCCCCCCCCCCCCCC. The van der Waals surface area contributed by atoms with Gasteiger partial charge in [-0.15, -0.1) is 0 Å². The number of allylic oxidation sites excluding steroid dienone is 20. The molecule has 0 saturated carbocycles. The second-order valence-corrected chi connectivity index (χ2v) is 25.1. The van der Waals surface area contributed by atoms with E-state index in [4.69, 9.17) is 32.3 Å². The van der Waals surface area contributed by atoms with Crippen molar-refractivity contribution in [3.63, 3.8) is 0 Å². The molecule has 0 rings (SSSR count). The van der Waals surface area contributed by atoms with Gasteiger partial charge in [0.25, 0.3) is 0 Å². The maximum absolute atomic E-state index is 12.9. The number of unbranched alkanes of at least 4 members (excludes halogenated alkanes) is 20. The van der Waals surface area contributed by atoms with Crippen molar-refractivity contribution in [1.29, 1.82) is 0 Å². The van der Waals surface area contributed by atoms with Gasteiger partial charge in [-0.05, 0) is 103 Å². The Morgan fingerprint density at radius 3 is 0.989 bits per heavy atom. The highest BCUT2D eigenvalue weighted by molar-refractivity contribution is 7.47. The van der Waals surface area contributed by atoms with Crippen LogP contribution in [0.2, 0.25) is 0 Å². The number of carbonyl (C=O) groups is 3. The molecule has 89 heavy (non-hydrogen) atoms. The van der Waals surface area contributed by atoms with Gasteiger partial charge in [-0.25, -0.2) is 9.13 Å². The average Bonchev–Trinajstić information content (AvgIpc) is 3.63. The second-order valence-electron chi connectivity index (χ2n) is 22.2. The molecule has 0 bridgehead atoms. The van der Waals surface area contributed by atoms with E-state index in [1.807, 2.05) is 12.2 Å². The largest absolute Gasteiger partial charge is 0.472 e. The van der Waals surface area contributed by atoms with Crippen molar-refractivity contribution in [1.82, 2.24) is 0 Å². The Kier molecular flexibility index (Phi) is 61.2. The fourth-order valence-electron chi connectivity index (χ4n) is 8.57. The van der Waals surface area contributed by atoms with E-state index in [-0.39, 0.29) is 19.3 Å². The highest BCUT2D eigenvalue weighted by atomic mass is 31.2. The molecule has 4 N–H and O–H groups in total. The van der Waals surface area contributed by atoms with Crippen molar-refractivity contribution in [3.05, 3.63) is 122 Å². The molecule has 5 atom stereocenters. The van der Waals surface area contributed by atoms with E-state index in [2.05, 4.69) is 130 Å². The summed E-state index contributed by atoms with van der Waals surface area (Å²) in [7, 11) is -9.80. The van der Waals surface area contributed by atoms with Gasteiger partial charge in [-0.3, -0.25) is 32.5 Å². The van der Waals surface area contributed by atoms with Gasteiger partial charge >= 0.3 is 33.6 Å². The van der Waals surface area contributed by atoms with Crippen LogP contribution in [-0.2, 0) is 55.8 Å². The van der Waals surface area contributed by atoms with E-state index < -0.39 is 91.5 Å². The lowest BCUT2D eigenvalue weighted by molar-refractivity contribution is -0.161. The van der Waals surface area contributed by atoms with Crippen LogP contribution in [-0.4, -0.2) is 95.9 Å². The summed E-state index contributed by atoms with van der Waals surface area (Å²) in [6, 6.07) is 0. The maximum atomic E-state index is 12.9. The molecule has 0 fully saturated rings. The Labute approximate surface area is 538 Å². The van der Waals surface area contributed by atoms with Gasteiger partial charge in [0.15, 0.2) is 6.10 Å². The lowest BCUT2D eigenvalue weighted by Crippen LogP contribution is -2.30. The number of aliphatic hydroxyl groups is 2. The molecule has 0 aliphatic carbocycles. The predicted octanol–water partition coefficient (Wildman–Crippen LogP) is 18.6. The van der Waals surface area contributed by atoms with Crippen LogP contribution in [0.15, 0.2) is 122 Å². The van der Waals surface area contributed by atoms with Crippen LogP contribution in [0.1, 0.15) is 252 Å². The number of hydrogen-bond donors (Lipinski definition) is 4. The number of phosphoric ester groups is 2. The Bertz CT molecular complexity index is 2110. The molecule has 18 heteroatoms. The van der Waals surface area contributed by atoms with Crippen LogP contribution in [0.5, 0.6) is 0 Å². The fourth-order valence-corrected chi connectivity index (χ4v) is 10.2. The number of aliphatic hydroxyl groups excluding tert-OH is 2. The molecule has 0 heterocycles. The molecule has 0 aromatic carbocycles. The number of rotatable bonds is 63. The summed E-state index contributed by atoms with van der Waals surface area (Å²) in [5, 5.41) is 20.5. The van der Waals surface area contributed by atoms with E-state index in [0.717, 1.165) is 122 Å². The quantitative estimate of drug-likeness (QED) is 0.0146. The first kappa shape index (κ1) is 85.0. The van der Waals surface area contributed by atoms with Gasteiger partial charge < -0.3 is 34.2 Å². The normalized spacial score (nSPS) is 15.0. The predicted molar refractivity (Wildman–Crippen MR) is 362 cm³/mol. The molecule has 0 aliphatic heterocycles. The molecule has 0 aliphatic rings. The fraction of sp³-hybridized carbons (Fsp3) is 0.676. The van der Waals surface area contributed by atoms with Crippen LogP contribution in [0.4, 0.5) is 0 Å². The third-order valence-corrected chi connectivity index (χ3v) is 15.6. The van der Waals surface area contributed by atoms with Crippen molar-refractivity contribution >= 4 is 33.6 Å². The summed E-state index contributed by atoms with van der Waals surface area (Å²) in [6.07, 6.45) is 72.6. The number of ether oxygens (including phenoxy) is 3. The zero-order valence-corrected chi connectivity index (χ0v) is 56.8. The summed E-state index contributed by atoms with van der Waals surface area (Å²) >= 11 is 0. The molecular weight excluding hydrogens is 1170 g/mol. The van der Waals surface area contributed by atoms with Gasteiger partial charge in [0.05, 0.1) is 26.4 Å². The van der Waals surface area contributed by atoms with Crippen LogP contribution < -0.4 is 0 Å². The monoisotopic (exact) mass is 1290 g/mol. The molecule has 0 aromatic rings. The van der Waals surface area contributed by atoms with Crippen molar-refractivity contribution in [2.75, 3.05) is 39.6 Å². The van der Waals surface area contributed by atoms with E-state index >= 15 is 0 Å². The summed E-state index contributed by atoms with van der Waals surface area (Å²) in [4.78, 5) is 58.3. The lowest BCUT2D eigenvalue weighted by atomic mass is 10.0. The zero-order valence-electron chi connectivity index (χ0n) is 55.1. The third-order valence-electron chi connectivity index (χ3n) is 13.7. The van der Waals surface area contributed by atoms with Crippen molar-refractivity contribution in [2.24, 2.45) is 0 Å². The summed E-state index contributed by atoms with van der Waals surface area (Å²) in [5.41, 5.74) is 0. The lowest BCUT2D eigenvalue weighted by Gasteiger charge is -2.21. The summed E-state index contributed by atoms with van der Waals surface area (Å²) in [6.45, 7) is 2.35. The smallest absolute Gasteiger partial charge is 0.463 e. The number of hydrogen-bond acceptors (Lipinski definition) is 14. The van der Waals surface area contributed by atoms with Crippen LogP contribution in [0, 0.1) is 0 Å². The Balaban J connectivity index is 4.72. The summed E-state index contributed by atoms with van der Waals surface area (Å²) in [5.74, 6) is -1.66. The van der Waals surface area contributed by atoms with Gasteiger partial charge in [0.2, 0.25) is 0 Å².